The highest BCUT2D eigenvalue weighted by molar-refractivity contribution is 7.89. The molecule has 0 heterocycles. The molecule has 5 nitrogen and oxygen atoms in total. The quantitative estimate of drug-likeness (QED) is 0.751. The Kier molecular flexibility index (Phi) is 5.13. The first kappa shape index (κ1) is 14.9. The van der Waals surface area contributed by atoms with Crippen LogP contribution in [0.4, 0.5) is 5.69 Å². The second-order valence-corrected chi connectivity index (χ2v) is 6.00. The van der Waals surface area contributed by atoms with Crippen molar-refractivity contribution in [2.75, 3.05) is 32.4 Å². The van der Waals surface area contributed by atoms with E-state index < -0.39 is 10.0 Å². The number of nitrogens with two attached hydrogens (primary N) is 1. The van der Waals surface area contributed by atoms with Crippen LogP contribution in [-0.2, 0) is 10.0 Å². The summed E-state index contributed by atoms with van der Waals surface area (Å²) in [4.78, 5) is 2.29. The molecule has 6 heteroatoms. The number of likely N-dealkylation sites (N-methyl/N-ethyl adjacent to an activating group) is 1. The van der Waals surface area contributed by atoms with Crippen molar-refractivity contribution in [1.29, 1.82) is 0 Å². The Bertz CT molecular complexity index is 500. The van der Waals surface area contributed by atoms with E-state index in [1.54, 1.807) is 25.1 Å². The Hall–Kier alpha value is -1.11. The molecule has 3 N–H and O–H groups in total. The van der Waals surface area contributed by atoms with E-state index in [4.69, 9.17) is 5.73 Å². The first-order chi connectivity index (χ1) is 8.38. The van der Waals surface area contributed by atoms with Gasteiger partial charge in [-0.25, -0.2) is 13.1 Å². The van der Waals surface area contributed by atoms with Crippen molar-refractivity contribution in [1.82, 2.24) is 9.62 Å². The van der Waals surface area contributed by atoms with Gasteiger partial charge in [0.25, 0.3) is 0 Å². The number of hydrogen-bond acceptors (Lipinski definition) is 4. The second kappa shape index (κ2) is 6.17. The van der Waals surface area contributed by atoms with E-state index in [9.17, 15) is 8.42 Å². The lowest BCUT2D eigenvalue weighted by Crippen LogP contribution is -2.33. The molecule has 0 unspecified atom stereocenters. The van der Waals surface area contributed by atoms with Crippen LogP contribution in [0.15, 0.2) is 23.1 Å². The average molecular weight is 271 g/mol. The van der Waals surface area contributed by atoms with Gasteiger partial charge in [0.2, 0.25) is 10.0 Å². The summed E-state index contributed by atoms with van der Waals surface area (Å²) in [6, 6.07) is 4.91. The van der Waals surface area contributed by atoms with Crippen LogP contribution in [0.5, 0.6) is 0 Å². The van der Waals surface area contributed by atoms with Gasteiger partial charge in [0, 0.05) is 18.8 Å². The van der Waals surface area contributed by atoms with Gasteiger partial charge in [0.05, 0.1) is 4.90 Å². The first-order valence-corrected chi connectivity index (χ1v) is 7.40. The summed E-state index contributed by atoms with van der Waals surface area (Å²) >= 11 is 0. The Morgan fingerprint density at radius 3 is 2.67 bits per heavy atom. The van der Waals surface area contributed by atoms with Crippen molar-refractivity contribution < 1.29 is 8.42 Å². The largest absolute Gasteiger partial charge is 0.398 e. The number of hydrogen-bond donors (Lipinski definition) is 2. The van der Waals surface area contributed by atoms with Crippen LogP contribution in [0.25, 0.3) is 0 Å². The minimum Gasteiger partial charge on any atom is -0.398 e. The predicted molar refractivity (Wildman–Crippen MR) is 74.0 cm³/mol. The molecule has 1 aromatic carbocycles. The molecule has 102 valence electrons. The molecule has 0 aliphatic rings. The number of benzene rings is 1. The van der Waals surface area contributed by atoms with Gasteiger partial charge >= 0.3 is 0 Å². The maximum Gasteiger partial charge on any atom is 0.240 e. The fourth-order valence-corrected chi connectivity index (χ4v) is 2.82. The number of rotatable bonds is 6. The molecule has 0 spiro atoms. The molecule has 0 bridgehead atoms. The summed E-state index contributed by atoms with van der Waals surface area (Å²) in [6.07, 6.45) is 0. The van der Waals surface area contributed by atoms with E-state index >= 15 is 0 Å². The summed E-state index contributed by atoms with van der Waals surface area (Å²) in [5, 5.41) is 0. The molecule has 0 atom stereocenters. The van der Waals surface area contributed by atoms with Gasteiger partial charge < -0.3 is 10.6 Å². The summed E-state index contributed by atoms with van der Waals surface area (Å²) < 4.78 is 26.8. The highest BCUT2D eigenvalue weighted by Crippen LogP contribution is 2.19. The lowest BCUT2D eigenvalue weighted by Gasteiger charge is -2.15. The number of sulfonamides is 1. The number of nitrogens with zero attached hydrogens (tertiary/aromatic N) is 1. The lowest BCUT2D eigenvalue weighted by atomic mass is 10.2. The Morgan fingerprint density at radius 2 is 2.06 bits per heavy atom. The predicted octanol–water partition coefficient (Wildman–Crippen LogP) is 0.807. The van der Waals surface area contributed by atoms with Crippen molar-refractivity contribution in [3.63, 3.8) is 0 Å². The second-order valence-electron chi connectivity index (χ2n) is 4.26. The Morgan fingerprint density at radius 1 is 1.39 bits per heavy atom. The first-order valence-electron chi connectivity index (χ1n) is 5.91. The van der Waals surface area contributed by atoms with E-state index in [1.807, 2.05) is 18.9 Å². The highest BCUT2D eigenvalue weighted by atomic mass is 32.2. The minimum atomic E-state index is -3.47. The standard InChI is InChI=1S/C12H21N3O2S/c1-4-15(3)9-8-14-18(16,17)12-7-5-6-11(13)10(12)2/h5-7,14H,4,8-9,13H2,1-3H3. The maximum atomic E-state index is 12.1. The molecule has 0 fully saturated rings. The van der Waals surface area contributed by atoms with Crippen LogP contribution < -0.4 is 10.5 Å². The molecule has 0 aliphatic heterocycles. The molecule has 0 amide bonds. The van der Waals surface area contributed by atoms with Crippen LogP contribution in [-0.4, -0.2) is 40.0 Å². The van der Waals surface area contributed by atoms with E-state index in [2.05, 4.69) is 4.72 Å². The van der Waals surface area contributed by atoms with Gasteiger partial charge in [-0.1, -0.05) is 13.0 Å². The highest BCUT2D eigenvalue weighted by Gasteiger charge is 2.17. The topological polar surface area (TPSA) is 75.4 Å². The van der Waals surface area contributed by atoms with Crippen molar-refractivity contribution in [2.45, 2.75) is 18.7 Å². The molecule has 1 aromatic rings. The lowest BCUT2D eigenvalue weighted by molar-refractivity contribution is 0.358. The third kappa shape index (κ3) is 3.69. The zero-order chi connectivity index (χ0) is 13.8. The van der Waals surface area contributed by atoms with Gasteiger partial charge in [-0.2, -0.15) is 0 Å². The Labute approximate surface area is 109 Å². The van der Waals surface area contributed by atoms with Gasteiger partial charge in [0.1, 0.15) is 0 Å². The van der Waals surface area contributed by atoms with Crippen molar-refractivity contribution in [2.24, 2.45) is 0 Å². The summed E-state index contributed by atoms with van der Waals surface area (Å²) in [6.45, 7) is 5.69. The summed E-state index contributed by atoms with van der Waals surface area (Å²) in [5.41, 5.74) is 6.80. The molecule has 0 radical (unpaired) electrons. The number of nitrogens with one attached hydrogen (secondary N) is 1. The summed E-state index contributed by atoms with van der Waals surface area (Å²) in [5.74, 6) is 0. The van der Waals surface area contributed by atoms with E-state index in [1.165, 1.54) is 0 Å². The van der Waals surface area contributed by atoms with Gasteiger partial charge in [-0.05, 0) is 38.2 Å². The third-order valence-electron chi connectivity index (χ3n) is 2.94. The van der Waals surface area contributed by atoms with Crippen LogP contribution >= 0.6 is 0 Å². The SMILES string of the molecule is CCN(C)CCNS(=O)(=O)c1cccc(N)c1C. The van der Waals surface area contributed by atoms with Gasteiger partial charge in [-0.3, -0.25) is 0 Å². The van der Waals surface area contributed by atoms with Crippen molar-refractivity contribution in [3.8, 4) is 0 Å². The van der Waals surface area contributed by atoms with Crippen molar-refractivity contribution in [3.05, 3.63) is 23.8 Å². The zero-order valence-electron chi connectivity index (χ0n) is 11.1. The molecule has 0 aromatic heterocycles. The fraction of sp³-hybridized carbons (Fsp3) is 0.500. The number of anilines is 1. The summed E-state index contributed by atoms with van der Waals surface area (Å²) in [7, 11) is -1.53. The minimum absolute atomic E-state index is 0.252. The molecular formula is C12H21N3O2S. The van der Waals surface area contributed by atoms with Gasteiger partial charge in [-0.15, -0.1) is 0 Å². The molecule has 0 aliphatic carbocycles. The average Bonchev–Trinajstić information content (AvgIpc) is 2.32. The van der Waals surface area contributed by atoms with Crippen LogP contribution in [0, 0.1) is 6.92 Å². The smallest absolute Gasteiger partial charge is 0.240 e. The fourth-order valence-electron chi connectivity index (χ4n) is 1.53. The molecule has 18 heavy (non-hydrogen) atoms. The molecule has 1 rings (SSSR count). The van der Waals surface area contributed by atoms with E-state index in [-0.39, 0.29) is 4.90 Å². The van der Waals surface area contributed by atoms with Crippen molar-refractivity contribution >= 4 is 15.7 Å². The molecular weight excluding hydrogens is 250 g/mol. The zero-order valence-corrected chi connectivity index (χ0v) is 11.9. The molecule has 0 saturated carbocycles. The Balaban J connectivity index is 2.78. The normalized spacial score (nSPS) is 12.0. The van der Waals surface area contributed by atoms with E-state index in [0.29, 0.717) is 24.3 Å². The van der Waals surface area contributed by atoms with Gasteiger partial charge in [0.15, 0.2) is 0 Å². The number of nitrogen functional groups attached to an aromatic ring is 1. The monoisotopic (exact) mass is 271 g/mol. The maximum absolute atomic E-state index is 12.1. The van der Waals surface area contributed by atoms with Crippen LogP contribution in [0.3, 0.4) is 0 Å². The molecule has 0 saturated heterocycles. The third-order valence-corrected chi connectivity index (χ3v) is 4.55. The van der Waals surface area contributed by atoms with Crippen LogP contribution in [0.1, 0.15) is 12.5 Å². The van der Waals surface area contributed by atoms with Crippen LogP contribution in [0.2, 0.25) is 0 Å². The van der Waals surface area contributed by atoms with E-state index in [0.717, 1.165) is 6.54 Å².